The average molecular weight is 792 g/mol. The Morgan fingerprint density at radius 3 is 1.11 bits per heavy atom. The fourth-order valence-electron chi connectivity index (χ4n) is 8.60. The molecule has 0 atom stereocenters. The van der Waals surface area contributed by atoms with Gasteiger partial charge in [0.2, 0.25) is 0 Å². The van der Waals surface area contributed by atoms with Crippen LogP contribution < -0.4 is 4.90 Å². The number of anilines is 3. The zero-order chi connectivity index (χ0) is 41.5. The molecule has 10 rings (SSSR count). The standard InChI is InChI=1S/C61H45N/c1-4-16-45(17-5-1)42-46-30-36-53(37-31-46)62(54-38-32-47(33-39-54)43-60(51-18-6-2-7-19-51)58-28-14-24-49-22-10-12-26-56(49)58)55-40-34-48(35-41-55)44-61(52-20-8-3-9-21-52)59-29-15-25-50-23-11-13-27-57(50)59/h1-41,43-44H,42H2. The third-order valence-electron chi connectivity index (χ3n) is 11.7. The third kappa shape index (κ3) is 8.26. The lowest BCUT2D eigenvalue weighted by atomic mass is 9.91. The molecule has 0 radical (unpaired) electrons. The molecule has 1 heteroatoms. The predicted octanol–water partition coefficient (Wildman–Crippen LogP) is 16.2. The molecule has 0 saturated carbocycles. The van der Waals surface area contributed by atoms with E-state index in [1.165, 1.54) is 66.1 Å². The van der Waals surface area contributed by atoms with Gasteiger partial charge in [0.15, 0.2) is 0 Å². The first-order valence-electron chi connectivity index (χ1n) is 21.4. The first-order chi connectivity index (χ1) is 30.7. The normalized spacial score (nSPS) is 11.8. The van der Waals surface area contributed by atoms with Gasteiger partial charge >= 0.3 is 0 Å². The summed E-state index contributed by atoms with van der Waals surface area (Å²) >= 11 is 0. The van der Waals surface area contributed by atoms with E-state index in [1.54, 1.807) is 0 Å². The van der Waals surface area contributed by atoms with Crippen LogP contribution in [0, 0.1) is 0 Å². The van der Waals surface area contributed by atoms with Crippen LogP contribution in [0.15, 0.2) is 249 Å². The lowest BCUT2D eigenvalue weighted by molar-refractivity contribution is 1.18. The second-order valence-electron chi connectivity index (χ2n) is 15.7. The molecule has 0 fully saturated rings. The van der Waals surface area contributed by atoms with Gasteiger partial charge in [-0.3, -0.25) is 0 Å². The van der Waals surface area contributed by atoms with E-state index in [1.807, 2.05) is 0 Å². The molecule has 62 heavy (non-hydrogen) atoms. The fraction of sp³-hybridized carbons (Fsp3) is 0.0164. The van der Waals surface area contributed by atoms with Crippen molar-refractivity contribution in [3.63, 3.8) is 0 Å². The molecule has 0 heterocycles. The van der Waals surface area contributed by atoms with Gasteiger partial charge in [0.05, 0.1) is 0 Å². The zero-order valence-corrected chi connectivity index (χ0v) is 34.5. The highest BCUT2D eigenvalue weighted by Crippen LogP contribution is 2.38. The highest BCUT2D eigenvalue weighted by molar-refractivity contribution is 6.04. The maximum Gasteiger partial charge on any atom is 0.0462 e. The molecule has 0 N–H and O–H groups in total. The summed E-state index contributed by atoms with van der Waals surface area (Å²) in [5, 5.41) is 4.96. The second kappa shape index (κ2) is 17.7. The minimum Gasteiger partial charge on any atom is -0.311 e. The largest absolute Gasteiger partial charge is 0.311 e. The minimum absolute atomic E-state index is 0.893. The van der Waals surface area contributed by atoms with Gasteiger partial charge in [-0.25, -0.2) is 0 Å². The molecule has 294 valence electrons. The molecule has 0 aliphatic rings. The molecule has 0 unspecified atom stereocenters. The lowest BCUT2D eigenvalue weighted by Gasteiger charge is -2.26. The topological polar surface area (TPSA) is 3.24 Å². The Morgan fingerprint density at radius 1 is 0.306 bits per heavy atom. The molecule has 1 nitrogen and oxygen atoms in total. The van der Waals surface area contributed by atoms with Crippen LogP contribution in [0.25, 0.3) is 44.8 Å². The Labute approximate surface area is 364 Å². The first-order valence-corrected chi connectivity index (χ1v) is 21.4. The highest BCUT2D eigenvalue weighted by atomic mass is 15.1. The van der Waals surface area contributed by atoms with Crippen molar-refractivity contribution >= 4 is 61.9 Å². The monoisotopic (exact) mass is 791 g/mol. The van der Waals surface area contributed by atoms with Gasteiger partial charge < -0.3 is 4.90 Å². The third-order valence-corrected chi connectivity index (χ3v) is 11.7. The van der Waals surface area contributed by atoms with Gasteiger partial charge in [0.25, 0.3) is 0 Å². The Morgan fingerprint density at radius 2 is 0.661 bits per heavy atom. The second-order valence-corrected chi connectivity index (χ2v) is 15.7. The Balaban J connectivity index is 1.04. The van der Waals surface area contributed by atoms with Crippen molar-refractivity contribution in [3.05, 3.63) is 293 Å². The highest BCUT2D eigenvalue weighted by Gasteiger charge is 2.15. The Kier molecular flexibility index (Phi) is 10.9. The molecular formula is C61H45N. The average Bonchev–Trinajstić information content (AvgIpc) is 3.34. The summed E-state index contributed by atoms with van der Waals surface area (Å²) in [6.45, 7) is 0. The van der Waals surface area contributed by atoms with Gasteiger partial charge in [-0.2, -0.15) is 0 Å². The van der Waals surface area contributed by atoms with Crippen LogP contribution in [0.5, 0.6) is 0 Å². The van der Waals surface area contributed by atoms with Gasteiger partial charge in [-0.1, -0.05) is 212 Å². The molecule has 0 spiro atoms. The number of rotatable bonds is 11. The molecule has 0 aliphatic heterocycles. The molecular weight excluding hydrogens is 747 g/mol. The van der Waals surface area contributed by atoms with Crippen LogP contribution in [0.4, 0.5) is 17.1 Å². The fourth-order valence-corrected chi connectivity index (χ4v) is 8.60. The number of fused-ring (bicyclic) bond motifs is 2. The van der Waals surface area contributed by atoms with Crippen LogP contribution in [0.1, 0.15) is 44.5 Å². The van der Waals surface area contributed by atoms with E-state index in [9.17, 15) is 0 Å². The van der Waals surface area contributed by atoms with Crippen molar-refractivity contribution in [1.29, 1.82) is 0 Å². The zero-order valence-electron chi connectivity index (χ0n) is 34.5. The van der Waals surface area contributed by atoms with Gasteiger partial charge in [-0.15, -0.1) is 0 Å². The molecule has 10 aromatic carbocycles. The Hall–Kier alpha value is -8.00. The first kappa shape index (κ1) is 38.2. The van der Waals surface area contributed by atoms with E-state index >= 15 is 0 Å². The number of benzene rings is 10. The molecule has 0 aliphatic carbocycles. The van der Waals surface area contributed by atoms with Crippen molar-refractivity contribution in [1.82, 2.24) is 0 Å². The van der Waals surface area contributed by atoms with Gasteiger partial charge in [0.1, 0.15) is 0 Å². The molecule has 0 aromatic heterocycles. The maximum atomic E-state index is 2.36. The summed E-state index contributed by atoms with van der Waals surface area (Å²) < 4.78 is 0. The molecule has 0 bridgehead atoms. The van der Waals surface area contributed by atoms with E-state index in [0.29, 0.717) is 0 Å². The maximum absolute atomic E-state index is 2.36. The van der Waals surface area contributed by atoms with E-state index in [-0.39, 0.29) is 0 Å². The van der Waals surface area contributed by atoms with E-state index in [0.717, 1.165) is 34.6 Å². The number of nitrogens with zero attached hydrogens (tertiary/aromatic N) is 1. The minimum atomic E-state index is 0.893. The number of hydrogen-bond acceptors (Lipinski definition) is 1. The summed E-state index contributed by atoms with van der Waals surface area (Å²) in [5.41, 5.74) is 15.4. The van der Waals surface area contributed by atoms with Crippen LogP contribution in [0.2, 0.25) is 0 Å². The van der Waals surface area contributed by atoms with Crippen molar-refractivity contribution in [2.45, 2.75) is 6.42 Å². The van der Waals surface area contributed by atoms with Crippen molar-refractivity contribution < 1.29 is 0 Å². The van der Waals surface area contributed by atoms with Gasteiger partial charge in [-0.05, 0) is 132 Å². The summed E-state index contributed by atoms with van der Waals surface area (Å²) in [6.07, 6.45) is 5.54. The predicted molar refractivity (Wildman–Crippen MR) is 265 cm³/mol. The van der Waals surface area contributed by atoms with Crippen LogP contribution in [0.3, 0.4) is 0 Å². The van der Waals surface area contributed by atoms with Crippen LogP contribution in [-0.4, -0.2) is 0 Å². The molecule has 10 aromatic rings. The molecule has 0 amide bonds. The summed E-state index contributed by atoms with van der Waals surface area (Å²) in [6, 6.07) is 89.6. The van der Waals surface area contributed by atoms with Crippen molar-refractivity contribution in [3.8, 4) is 0 Å². The molecule has 0 saturated heterocycles. The van der Waals surface area contributed by atoms with E-state index < -0.39 is 0 Å². The van der Waals surface area contributed by atoms with Crippen LogP contribution in [-0.2, 0) is 6.42 Å². The summed E-state index contributed by atoms with van der Waals surface area (Å²) in [5.74, 6) is 0. The summed E-state index contributed by atoms with van der Waals surface area (Å²) in [4.78, 5) is 2.36. The van der Waals surface area contributed by atoms with Crippen LogP contribution >= 0.6 is 0 Å². The van der Waals surface area contributed by atoms with Gasteiger partial charge in [0, 0.05) is 17.1 Å². The van der Waals surface area contributed by atoms with E-state index in [4.69, 9.17) is 0 Å². The van der Waals surface area contributed by atoms with Crippen molar-refractivity contribution in [2.75, 3.05) is 4.90 Å². The Bertz CT molecular complexity index is 2960. The SMILES string of the molecule is C(=C(c1ccccc1)c1cccc2ccccc12)c1ccc(N(c2ccc(C=C(c3ccccc3)c3cccc4ccccc34)cc2)c2ccc(Cc3ccccc3)cc2)cc1. The van der Waals surface area contributed by atoms with E-state index in [2.05, 4.69) is 266 Å². The lowest BCUT2D eigenvalue weighted by Crippen LogP contribution is -2.10. The smallest absolute Gasteiger partial charge is 0.0462 e. The number of hydrogen-bond donors (Lipinski definition) is 0. The quantitative estimate of drug-likeness (QED) is 0.118. The summed E-state index contributed by atoms with van der Waals surface area (Å²) in [7, 11) is 0. The van der Waals surface area contributed by atoms with Crippen molar-refractivity contribution in [2.24, 2.45) is 0 Å².